The molecule has 0 saturated heterocycles. The maximum absolute atomic E-state index is 12.3. The fourth-order valence-electron chi connectivity index (χ4n) is 2.50. The van der Waals surface area contributed by atoms with Gasteiger partial charge in [0.1, 0.15) is 11.7 Å². The SMILES string of the molecule is CCOC(=O)C1=C(C)OC(=N)C(C#N)C1c1ccc(Cl)c(Cl)c1. The maximum Gasteiger partial charge on any atom is 0.338 e. The van der Waals surface area contributed by atoms with E-state index in [0.29, 0.717) is 15.6 Å². The predicted octanol–water partition coefficient (Wildman–Crippen LogP) is 4.06. The van der Waals surface area contributed by atoms with Crippen molar-refractivity contribution in [2.45, 2.75) is 19.8 Å². The van der Waals surface area contributed by atoms with E-state index in [1.54, 1.807) is 32.0 Å². The molecule has 0 fully saturated rings. The summed E-state index contributed by atoms with van der Waals surface area (Å²) in [6.45, 7) is 3.45. The third kappa shape index (κ3) is 3.34. The molecule has 120 valence electrons. The molecule has 0 radical (unpaired) electrons. The second-order valence-corrected chi connectivity index (χ2v) is 5.73. The molecule has 1 heterocycles. The maximum atomic E-state index is 12.3. The Morgan fingerprint density at radius 1 is 1.43 bits per heavy atom. The van der Waals surface area contributed by atoms with Gasteiger partial charge >= 0.3 is 5.97 Å². The Hall–Kier alpha value is -2.03. The standard InChI is InChI=1S/C16H14Cl2N2O3/c1-3-22-16(21)13-8(2)23-15(20)10(7-19)14(13)9-4-5-11(17)12(18)6-9/h4-6,10,14,20H,3H2,1-2H3. The van der Waals surface area contributed by atoms with Crippen molar-refractivity contribution in [3.05, 3.63) is 45.1 Å². The van der Waals surface area contributed by atoms with Crippen molar-refractivity contribution in [3.8, 4) is 6.07 Å². The van der Waals surface area contributed by atoms with Gasteiger partial charge in [-0.1, -0.05) is 29.3 Å². The smallest absolute Gasteiger partial charge is 0.338 e. The predicted molar refractivity (Wildman–Crippen MR) is 86.5 cm³/mol. The second-order valence-electron chi connectivity index (χ2n) is 4.91. The number of halogens is 2. The molecule has 2 atom stereocenters. The number of hydrogen-bond acceptors (Lipinski definition) is 5. The van der Waals surface area contributed by atoms with Gasteiger partial charge < -0.3 is 9.47 Å². The van der Waals surface area contributed by atoms with Gasteiger partial charge in [0.2, 0.25) is 5.90 Å². The van der Waals surface area contributed by atoms with Crippen LogP contribution < -0.4 is 0 Å². The van der Waals surface area contributed by atoms with E-state index in [1.165, 1.54) is 0 Å². The minimum absolute atomic E-state index is 0.193. The molecule has 1 aliphatic rings. The van der Waals surface area contributed by atoms with E-state index < -0.39 is 17.8 Å². The van der Waals surface area contributed by atoms with Crippen LogP contribution in [0.1, 0.15) is 25.3 Å². The fraction of sp³-hybridized carbons (Fsp3) is 0.312. The van der Waals surface area contributed by atoms with Crippen LogP contribution in [0.5, 0.6) is 0 Å². The van der Waals surface area contributed by atoms with Crippen molar-refractivity contribution >= 4 is 35.1 Å². The highest BCUT2D eigenvalue weighted by Gasteiger charge is 2.41. The van der Waals surface area contributed by atoms with Gasteiger partial charge in [-0.2, -0.15) is 5.26 Å². The van der Waals surface area contributed by atoms with E-state index in [0.717, 1.165) is 0 Å². The van der Waals surface area contributed by atoms with Crippen LogP contribution in [-0.2, 0) is 14.3 Å². The highest BCUT2D eigenvalue weighted by atomic mass is 35.5. The number of carbonyl (C=O) groups excluding carboxylic acids is 1. The van der Waals surface area contributed by atoms with Gasteiger partial charge in [0.15, 0.2) is 0 Å². The third-order valence-corrected chi connectivity index (χ3v) is 4.25. The Morgan fingerprint density at radius 2 is 2.13 bits per heavy atom. The first-order valence-corrected chi connectivity index (χ1v) is 7.65. The fourth-order valence-corrected chi connectivity index (χ4v) is 2.80. The number of nitriles is 1. The summed E-state index contributed by atoms with van der Waals surface area (Å²) in [5, 5.41) is 18.0. The van der Waals surface area contributed by atoms with Crippen LogP contribution in [0, 0.1) is 22.7 Å². The van der Waals surface area contributed by atoms with E-state index in [9.17, 15) is 10.1 Å². The third-order valence-electron chi connectivity index (χ3n) is 3.51. The summed E-state index contributed by atoms with van der Waals surface area (Å²) in [6.07, 6.45) is 0. The summed E-state index contributed by atoms with van der Waals surface area (Å²) in [5.74, 6) is -2.19. The summed E-state index contributed by atoms with van der Waals surface area (Å²) < 4.78 is 10.3. The molecule has 1 aromatic carbocycles. The van der Waals surface area contributed by atoms with Crippen molar-refractivity contribution in [1.29, 1.82) is 10.7 Å². The van der Waals surface area contributed by atoms with Gasteiger partial charge in [0.25, 0.3) is 0 Å². The van der Waals surface area contributed by atoms with Gasteiger partial charge in [-0.25, -0.2) is 4.79 Å². The van der Waals surface area contributed by atoms with E-state index >= 15 is 0 Å². The van der Waals surface area contributed by atoms with E-state index in [4.69, 9.17) is 38.1 Å². The molecule has 23 heavy (non-hydrogen) atoms. The molecule has 0 amide bonds. The van der Waals surface area contributed by atoms with Crippen LogP contribution >= 0.6 is 23.2 Å². The lowest BCUT2D eigenvalue weighted by molar-refractivity contribution is -0.139. The molecular weight excluding hydrogens is 339 g/mol. The Balaban J connectivity index is 2.62. The van der Waals surface area contributed by atoms with Crippen molar-refractivity contribution < 1.29 is 14.3 Å². The minimum Gasteiger partial charge on any atom is -0.463 e. The molecule has 0 spiro atoms. The molecule has 1 N–H and O–H groups in total. The van der Waals surface area contributed by atoms with Gasteiger partial charge in [0, 0.05) is 5.92 Å². The number of esters is 1. The number of rotatable bonds is 3. The number of hydrogen-bond donors (Lipinski definition) is 1. The van der Waals surface area contributed by atoms with Crippen LogP contribution in [0.2, 0.25) is 10.0 Å². The number of carbonyl (C=O) groups is 1. The zero-order chi connectivity index (χ0) is 17.1. The zero-order valence-corrected chi connectivity index (χ0v) is 14.0. The molecular formula is C16H14Cl2N2O3. The monoisotopic (exact) mass is 352 g/mol. The average Bonchev–Trinajstić information content (AvgIpc) is 2.49. The lowest BCUT2D eigenvalue weighted by atomic mass is 9.79. The van der Waals surface area contributed by atoms with Crippen LogP contribution in [0.4, 0.5) is 0 Å². The van der Waals surface area contributed by atoms with Gasteiger partial charge in [0.05, 0.1) is 28.3 Å². The van der Waals surface area contributed by atoms with Crippen molar-refractivity contribution in [2.75, 3.05) is 6.61 Å². The Bertz CT molecular complexity index is 737. The molecule has 0 aromatic heterocycles. The highest BCUT2D eigenvalue weighted by molar-refractivity contribution is 6.42. The highest BCUT2D eigenvalue weighted by Crippen LogP contribution is 2.41. The van der Waals surface area contributed by atoms with Gasteiger partial charge in [-0.3, -0.25) is 5.41 Å². The van der Waals surface area contributed by atoms with Crippen molar-refractivity contribution in [1.82, 2.24) is 0 Å². The molecule has 1 aliphatic heterocycles. The first-order chi connectivity index (χ1) is 10.9. The van der Waals surface area contributed by atoms with E-state index in [1.807, 2.05) is 6.07 Å². The van der Waals surface area contributed by atoms with E-state index in [2.05, 4.69) is 0 Å². The molecule has 5 nitrogen and oxygen atoms in total. The van der Waals surface area contributed by atoms with Crippen molar-refractivity contribution in [3.63, 3.8) is 0 Å². The summed E-state index contributed by atoms with van der Waals surface area (Å²) in [4.78, 5) is 12.3. The van der Waals surface area contributed by atoms with Crippen LogP contribution in [0.3, 0.4) is 0 Å². The number of ether oxygens (including phenoxy) is 2. The molecule has 7 heteroatoms. The topological polar surface area (TPSA) is 83.2 Å². The molecule has 0 bridgehead atoms. The molecule has 0 saturated carbocycles. The Morgan fingerprint density at radius 3 is 2.70 bits per heavy atom. The molecule has 0 aliphatic carbocycles. The first-order valence-electron chi connectivity index (χ1n) is 6.89. The molecule has 2 unspecified atom stereocenters. The summed E-state index contributed by atoms with van der Waals surface area (Å²) >= 11 is 12.0. The van der Waals surface area contributed by atoms with Crippen LogP contribution in [0.15, 0.2) is 29.5 Å². The number of nitrogens with zero attached hydrogens (tertiary/aromatic N) is 1. The van der Waals surface area contributed by atoms with Gasteiger partial charge in [-0.05, 0) is 31.5 Å². The number of nitrogens with one attached hydrogen (secondary N) is 1. The summed E-state index contributed by atoms with van der Waals surface area (Å²) in [6, 6.07) is 6.87. The first kappa shape index (κ1) is 17.3. The quantitative estimate of drug-likeness (QED) is 0.831. The Kier molecular flexibility index (Phi) is 5.30. The van der Waals surface area contributed by atoms with Gasteiger partial charge in [-0.15, -0.1) is 0 Å². The Labute approximate surface area is 143 Å². The lowest BCUT2D eigenvalue weighted by Gasteiger charge is -2.30. The molecule has 2 rings (SSSR count). The van der Waals surface area contributed by atoms with Crippen molar-refractivity contribution in [2.24, 2.45) is 5.92 Å². The largest absolute Gasteiger partial charge is 0.463 e. The lowest BCUT2D eigenvalue weighted by Crippen LogP contribution is -2.33. The zero-order valence-electron chi connectivity index (χ0n) is 12.5. The number of benzene rings is 1. The van der Waals surface area contributed by atoms with Crippen LogP contribution in [-0.4, -0.2) is 18.5 Å². The average molecular weight is 353 g/mol. The second kappa shape index (κ2) is 7.03. The molecule has 1 aromatic rings. The number of allylic oxidation sites excluding steroid dienone is 1. The van der Waals surface area contributed by atoms with E-state index in [-0.39, 0.29) is 23.8 Å². The normalized spacial score (nSPS) is 20.7. The minimum atomic E-state index is -0.949. The van der Waals surface area contributed by atoms with Crippen LogP contribution in [0.25, 0.3) is 0 Å². The summed E-state index contributed by atoms with van der Waals surface area (Å²) in [7, 11) is 0. The summed E-state index contributed by atoms with van der Waals surface area (Å²) in [5.41, 5.74) is 0.814.